The zero-order valence-electron chi connectivity index (χ0n) is 16.1. The fourth-order valence-corrected chi connectivity index (χ4v) is 3.09. The van der Waals surface area contributed by atoms with Crippen molar-refractivity contribution in [2.24, 2.45) is 0 Å². The lowest BCUT2D eigenvalue weighted by Crippen LogP contribution is -2.30. The van der Waals surface area contributed by atoms with Gasteiger partial charge in [0, 0.05) is 17.1 Å². The van der Waals surface area contributed by atoms with Gasteiger partial charge >= 0.3 is 5.97 Å². The predicted molar refractivity (Wildman–Crippen MR) is 115 cm³/mol. The average molecular weight is 419 g/mol. The van der Waals surface area contributed by atoms with Crippen molar-refractivity contribution in [3.63, 3.8) is 0 Å². The Morgan fingerprint density at radius 3 is 2.33 bits per heavy atom. The Morgan fingerprint density at radius 2 is 1.60 bits per heavy atom. The van der Waals surface area contributed by atoms with Crippen LogP contribution in [0.3, 0.4) is 0 Å². The van der Waals surface area contributed by atoms with E-state index in [2.05, 4.69) is 11.4 Å². The molecule has 0 atom stereocenters. The Morgan fingerprint density at radius 1 is 0.933 bits per heavy atom. The Labute approximate surface area is 179 Å². The lowest BCUT2D eigenvalue weighted by Gasteiger charge is -2.11. The van der Waals surface area contributed by atoms with Crippen LogP contribution in [-0.4, -0.2) is 25.0 Å². The summed E-state index contributed by atoms with van der Waals surface area (Å²) in [6.07, 6.45) is 0.643. The molecule has 0 aliphatic rings. The molecule has 0 heterocycles. The summed E-state index contributed by atoms with van der Waals surface area (Å²) in [6, 6.07) is 23.4. The van der Waals surface area contributed by atoms with Gasteiger partial charge in [-0.05, 0) is 41.8 Å². The fraction of sp³-hybridized carbons (Fsp3) is 0.125. The van der Waals surface area contributed by atoms with E-state index in [1.165, 1.54) is 0 Å². The van der Waals surface area contributed by atoms with Crippen LogP contribution >= 0.6 is 11.6 Å². The van der Waals surface area contributed by atoms with Gasteiger partial charge in [-0.1, -0.05) is 60.1 Å². The summed E-state index contributed by atoms with van der Waals surface area (Å²) >= 11 is 5.85. The number of nitrogens with one attached hydrogen (secondary N) is 1. The highest BCUT2D eigenvalue weighted by Crippen LogP contribution is 2.27. The lowest BCUT2D eigenvalue weighted by atomic mass is 9.96. The number of benzene rings is 3. The van der Waals surface area contributed by atoms with E-state index in [0.717, 1.165) is 5.56 Å². The molecule has 6 heteroatoms. The molecule has 0 fully saturated rings. The number of ether oxygens (including phenoxy) is 1. The number of hydrogen-bond donors (Lipinski definition) is 1. The van der Waals surface area contributed by atoms with Crippen molar-refractivity contribution in [1.82, 2.24) is 5.32 Å². The van der Waals surface area contributed by atoms with Crippen molar-refractivity contribution >= 4 is 23.5 Å². The molecule has 1 N–H and O–H groups in total. The second-order valence-electron chi connectivity index (χ2n) is 6.51. The summed E-state index contributed by atoms with van der Waals surface area (Å²) in [4.78, 5) is 24.6. The SMILES string of the molecule is N#Cc1ccccc1-c1ccccc1C(=O)OCC(=O)NCCc1ccc(Cl)cc1. The molecule has 0 aliphatic heterocycles. The molecular weight excluding hydrogens is 400 g/mol. The number of carbonyl (C=O) groups is 2. The molecule has 0 unspecified atom stereocenters. The first-order chi connectivity index (χ1) is 14.6. The molecule has 5 nitrogen and oxygen atoms in total. The number of nitriles is 1. The van der Waals surface area contributed by atoms with Crippen LogP contribution in [0.15, 0.2) is 72.8 Å². The highest BCUT2D eigenvalue weighted by Gasteiger charge is 2.17. The lowest BCUT2D eigenvalue weighted by molar-refractivity contribution is -0.124. The Balaban J connectivity index is 1.58. The maximum Gasteiger partial charge on any atom is 0.339 e. The van der Waals surface area contributed by atoms with Gasteiger partial charge in [-0.2, -0.15) is 5.26 Å². The van der Waals surface area contributed by atoms with Gasteiger partial charge in [-0.15, -0.1) is 0 Å². The van der Waals surface area contributed by atoms with E-state index < -0.39 is 5.97 Å². The van der Waals surface area contributed by atoms with E-state index in [-0.39, 0.29) is 12.5 Å². The van der Waals surface area contributed by atoms with Crippen molar-refractivity contribution in [2.45, 2.75) is 6.42 Å². The number of nitrogens with zero attached hydrogens (tertiary/aromatic N) is 1. The van der Waals surface area contributed by atoms with E-state index in [1.807, 2.05) is 12.1 Å². The zero-order valence-corrected chi connectivity index (χ0v) is 16.9. The summed E-state index contributed by atoms with van der Waals surface area (Å²) in [7, 11) is 0. The molecule has 1 amide bonds. The van der Waals surface area contributed by atoms with Crippen LogP contribution in [-0.2, 0) is 16.0 Å². The quantitative estimate of drug-likeness (QED) is 0.577. The first-order valence-corrected chi connectivity index (χ1v) is 9.73. The van der Waals surface area contributed by atoms with Gasteiger partial charge in [0.1, 0.15) is 0 Å². The average Bonchev–Trinajstić information content (AvgIpc) is 2.78. The number of hydrogen-bond acceptors (Lipinski definition) is 4. The molecule has 0 saturated heterocycles. The van der Waals surface area contributed by atoms with Gasteiger partial charge in [0.25, 0.3) is 5.91 Å². The van der Waals surface area contributed by atoms with Crippen LogP contribution < -0.4 is 5.32 Å². The first-order valence-electron chi connectivity index (χ1n) is 9.35. The molecule has 0 radical (unpaired) electrons. The molecule has 3 rings (SSSR count). The number of amides is 1. The summed E-state index contributed by atoms with van der Waals surface area (Å²) in [5.41, 5.74) is 3.02. The minimum Gasteiger partial charge on any atom is -0.452 e. The second-order valence-corrected chi connectivity index (χ2v) is 6.94. The maximum atomic E-state index is 12.6. The molecule has 0 aliphatic carbocycles. The van der Waals surface area contributed by atoms with Gasteiger partial charge in [0.15, 0.2) is 6.61 Å². The number of halogens is 1. The van der Waals surface area contributed by atoms with Crippen LogP contribution in [0.25, 0.3) is 11.1 Å². The third kappa shape index (κ3) is 5.47. The standard InChI is InChI=1S/C24H19ClN2O3/c25-19-11-9-17(10-12-19)13-14-27-23(28)16-30-24(29)22-8-4-3-7-21(22)20-6-2-1-5-18(20)15-26/h1-12H,13-14,16H2,(H,27,28). The molecule has 0 aromatic heterocycles. The number of esters is 1. The zero-order chi connectivity index (χ0) is 21.3. The van der Waals surface area contributed by atoms with Crippen molar-refractivity contribution in [2.75, 3.05) is 13.2 Å². The van der Waals surface area contributed by atoms with Crippen molar-refractivity contribution in [3.05, 3.63) is 94.5 Å². The topological polar surface area (TPSA) is 79.2 Å². The summed E-state index contributed by atoms with van der Waals surface area (Å²) < 4.78 is 5.19. The van der Waals surface area contributed by atoms with Crippen LogP contribution in [0, 0.1) is 11.3 Å². The van der Waals surface area contributed by atoms with E-state index in [1.54, 1.807) is 60.7 Å². The van der Waals surface area contributed by atoms with E-state index in [0.29, 0.717) is 40.2 Å². The monoisotopic (exact) mass is 418 g/mol. The molecule has 3 aromatic rings. The van der Waals surface area contributed by atoms with Gasteiger partial charge < -0.3 is 10.1 Å². The van der Waals surface area contributed by atoms with Crippen LogP contribution in [0.1, 0.15) is 21.5 Å². The van der Waals surface area contributed by atoms with Crippen molar-refractivity contribution < 1.29 is 14.3 Å². The van der Waals surface area contributed by atoms with E-state index in [4.69, 9.17) is 16.3 Å². The molecule has 0 spiro atoms. The maximum absolute atomic E-state index is 12.6. The molecule has 0 bridgehead atoms. The molecule has 30 heavy (non-hydrogen) atoms. The predicted octanol–water partition coefficient (Wildman–Crippen LogP) is 4.39. The van der Waals surface area contributed by atoms with E-state index in [9.17, 15) is 14.9 Å². The van der Waals surface area contributed by atoms with Gasteiger partial charge in [0.2, 0.25) is 0 Å². The van der Waals surface area contributed by atoms with Gasteiger partial charge in [-0.3, -0.25) is 4.79 Å². The molecule has 0 saturated carbocycles. The second kappa shape index (κ2) is 10.2. The largest absolute Gasteiger partial charge is 0.452 e. The van der Waals surface area contributed by atoms with Crippen molar-refractivity contribution in [1.29, 1.82) is 5.26 Å². The summed E-state index contributed by atoms with van der Waals surface area (Å²) in [5.74, 6) is -1.00. The highest BCUT2D eigenvalue weighted by atomic mass is 35.5. The Hall–Kier alpha value is -3.62. The smallest absolute Gasteiger partial charge is 0.339 e. The number of rotatable bonds is 7. The van der Waals surface area contributed by atoms with Crippen LogP contribution in [0.4, 0.5) is 0 Å². The van der Waals surface area contributed by atoms with E-state index >= 15 is 0 Å². The molecule has 150 valence electrons. The molecular formula is C24H19ClN2O3. The Bertz CT molecular complexity index is 1090. The van der Waals surface area contributed by atoms with Gasteiger partial charge in [0.05, 0.1) is 17.2 Å². The fourth-order valence-electron chi connectivity index (χ4n) is 2.97. The third-order valence-corrected chi connectivity index (χ3v) is 4.72. The Kier molecular flexibility index (Phi) is 7.20. The van der Waals surface area contributed by atoms with Crippen LogP contribution in [0.5, 0.6) is 0 Å². The first kappa shape index (κ1) is 21.1. The summed E-state index contributed by atoms with van der Waals surface area (Å²) in [5, 5.41) is 12.7. The number of carbonyl (C=O) groups excluding carboxylic acids is 2. The van der Waals surface area contributed by atoms with Crippen molar-refractivity contribution in [3.8, 4) is 17.2 Å². The minimum absolute atomic E-state index is 0.300. The normalized spacial score (nSPS) is 10.1. The highest BCUT2D eigenvalue weighted by molar-refractivity contribution is 6.30. The minimum atomic E-state index is -0.619. The third-order valence-electron chi connectivity index (χ3n) is 4.47. The van der Waals surface area contributed by atoms with Crippen LogP contribution in [0.2, 0.25) is 5.02 Å². The summed E-state index contributed by atoms with van der Waals surface area (Å²) in [6.45, 7) is 0.0395. The molecule has 3 aromatic carbocycles. The van der Waals surface area contributed by atoms with Gasteiger partial charge in [-0.25, -0.2) is 4.79 Å².